The minimum absolute atomic E-state index is 0.290. The number of ether oxygens (including phenoxy) is 1. The second-order valence-corrected chi connectivity index (χ2v) is 7.35. The van der Waals surface area contributed by atoms with Crippen LogP contribution in [0.15, 0.2) is 42.6 Å². The van der Waals surface area contributed by atoms with Crippen molar-refractivity contribution in [1.82, 2.24) is 30.5 Å². The summed E-state index contributed by atoms with van der Waals surface area (Å²) in [6.45, 7) is 4.19. The highest BCUT2D eigenvalue weighted by Crippen LogP contribution is 2.19. The van der Waals surface area contributed by atoms with Crippen LogP contribution >= 0.6 is 0 Å². The fraction of sp³-hybridized carbons (Fsp3) is 0.318. The second kappa shape index (κ2) is 9.38. The fourth-order valence-corrected chi connectivity index (χ4v) is 3.49. The zero-order valence-corrected chi connectivity index (χ0v) is 17.7. The van der Waals surface area contributed by atoms with Gasteiger partial charge in [-0.25, -0.2) is 4.98 Å². The monoisotopic (exact) mass is 419 g/mol. The van der Waals surface area contributed by atoms with E-state index in [1.54, 1.807) is 20.1 Å². The van der Waals surface area contributed by atoms with E-state index in [4.69, 9.17) is 4.74 Å². The van der Waals surface area contributed by atoms with Crippen LogP contribution < -0.4 is 15.0 Å². The van der Waals surface area contributed by atoms with Crippen LogP contribution in [0.2, 0.25) is 0 Å². The van der Waals surface area contributed by atoms with E-state index in [9.17, 15) is 4.79 Å². The third-order valence-corrected chi connectivity index (χ3v) is 5.18. The molecular weight excluding hydrogens is 394 g/mol. The highest BCUT2D eigenvalue weighted by molar-refractivity contribution is 6.18. The van der Waals surface area contributed by atoms with Gasteiger partial charge in [0.25, 0.3) is 5.91 Å². The Morgan fingerprint density at radius 2 is 2.06 bits per heavy atom. The van der Waals surface area contributed by atoms with Crippen molar-refractivity contribution in [3.05, 3.63) is 59.5 Å². The summed E-state index contributed by atoms with van der Waals surface area (Å²) in [7, 11) is 1.60. The molecule has 160 valence electrons. The number of amides is 1. The number of methoxy groups -OCH3 is 1. The number of aromatic nitrogens is 5. The van der Waals surface area contributed by atoms with Gasteiger partial charge in [0.15, 0.2) is 5.82 Å². The van der Waals surface area contributed by atoms with E-state index in [1.807, 2.05) is 42.6 Å². The number of carbonyl (C=O) groups excluding carboxylic acids is 1. The molecule has 0 atom stereocenters. The van der Waals surface area contributed by atoms with Crippen molar-refractivity contribution in [2.24, 2.45) is 0 Å². The molecule has 0 radical (unpaired) electrons. The van der Waals surface area contributed by atoms with Gasteiger partial charge in [0, 0.05) is 25.8 Å². The van der Waals surface area contributed by atoms with Crippen molar-refractivity contribution in [1.29, 1.82) is 0 Å². The van der Waals surface area contributed by atoms with Gasteiger partial charge in [0.1, 0.15) is 17.3 Å². The number of hydrogen-bond donors (Lipinski definition) is 1. The van der Waals surface area contributed by atoms with Crippen LogP contribution in [0.5, 0.6) is 5.75 Å². The first-order chi connectivity index (χ1) is 15.1. The molecule has 0 aliphatic carbocycles. The highest BCUT2D eigenvalue weighted by Gasteiger charge is 2.17. The summed E-state index contributed by atoms with van der Waals surface area (Å²) in [5, 5.41) is 14.5. The standard InChI is InChI=1S/C22H25N7O2/c1-16-25-26-27-29(16)20(13-17-6-5-7-19(12-17)31-2)22(30)24-15-18-8-9-21(23-14-18)28-10-3-4-11-28/h5-9,12-14H,3-4,10-11,15H2,1-2H3,(H,24,30). The summed E-state index contributed by atoms with van der Waals surface area (Å²) in [5.41, 5.74) is 2.04. The maximum absolute atomic E-state index is 13.0. The number of benzene rings is 1. The first-order valence-electron chi connectivity index (χ1n) is 10.2. The van der Waals surface area contributed by atoms with E-state index in [1.165, 1.54) is 17.5 Å². The Labute approximate surface area is 180 Å². The van der Waals surface area contributed by atoms with Gasteiger partial charge in [-0.1, -0.05) is 18.2 Å². The summed E-state index contributed by atoms with van der Waals surface area (Å²) < 4.78 is 6.70. The number of nitrogens with zero attached hydrogens (tertiary/aromatic N) is 6. The van der Waals surface area contributed by atoms with Crippen LogP contribution in [0.4, 0.5) is 5.82 Å². The van der Waals surface area contributed by atoms with E-state index in [2.05, 4.69) is 30.7 Å². The minimum atomic E-state index is -0.290. The molecule has 1 amide bonds. The van der Waals surface area contributed by atoms with Crippen LogP contribution in [0.1, 0.15) is 29.8 Å². The van der Waals surface area contributed by atoms with Gasteiger partial charge < -0.3 is 15.0 Å². The molecule has 9 heteroatoms. The van der Waals surface area contributed by atoms with Gasteiger partial charge in [-0.15, -0.1) is 5.10 Å². The Hall–Kier alpha value is -3.75. The molecule has 31 heavy (non-hydrogen) atoms. The fourth-order valence-electron chi connectivity index (χ4n) is 3.49. The molecule has 1 aliphatic heterocycles. The number of pyridine rings is 1. The molecule has 1 aromatic carbocycles. The normalized spacial score (nSPS) is 14.0. The van der Waals surface area contributed by atoms with E-state index >= 15 is 0 Å². The molecule has 4 rings (SSSR count). The van der Waals surface area contributed by atoms with E-state index in [0.29, 0.717) is 23.8 Å². The number of nitrogens with one attached hydrogen (secondary N) is 1. The molecule has 1 saturated heterocycles. The molecule has 0 bridgehead atoms. The Bertz CT molecular complexity index is 1070. The second-order valence-electron chi connectivity index (χ2n) is 7.35. The van der Waals surface area contributed by atoms with Crippen molar-refractivity contribution < 1.29 is 9.53 Å². The van der Waals surface area contributed by atoms with Gasteiger partial charge in [0.05, 0.1) is 7.11 Å². The third kappa shape index (κ3) is 4.88. The maximum atomic E-state index is 13.0. The zero-order valence-electron chi connectivity index (χ0n) is 17.7. The third-order valence-electron chi connectivity index (χ3n) is 5.18. The summed E-state index contributed by atoms with van der Waals surface area (Å²) in [4.78, 5) is 19.9. The van der Waals surface area contributed by atoms with Gasteiger partial charge in [-0.05, 0) is 65.6 Å². The Balaban J connectivity index is 1.51. The predicted molar refractivity (Wildman–Crippen MR) is 117 cm³/mol. The van der Waals surface area contributed by atoms with Crippen LogP contribution in [-0.2, 0) is 11.3 Å². The predicted octanol–water partition coefficient (Wildman–Crippen LogP) is 2.30. The molecule has 3 heterocycles. The van der Waals surface area contributed by atoms with Crippen molar-refractivity contribution in [2.45, 2.75) is 26.3 Å². The maximum Gasteiger partial charge on any atom is 0.270 e. The van der Waals surface area contributed by atoms with Crippen LogP contribution in [0.25, 0.3) is 11.8 Å². The number of hydrogen-bond acceptors (Lipinski definition) is 7. The molecule has 0 spiro atoms. The molecule has 0 unspecified atom stereocenters. The van der Waals surface area contributed by atoms with Crippen LogP contribution in [0, 0.1) is 6.92 Å². The summed E-state index contributed by atoms with van der Waals surface area (Å²) in [6, 6.07) is 11.4. The lowest BCUT2D eigenvalue weighted by Crippen LogP contribution is -2.27. The van der Waals surface area contributed by atoms with E-state index in [-0.39, 0.29) is 5.91 Å². The quantitative estimate of drug-likeness (QED) is 0.587. The van der Waals surface area contributed by atoms with Gasteiger partial charge >= 0.3 is 0 Å². The van der Waals surface area contributed by atoms with Crippen molar-refractivity contribution in [3.8, 4) is 5.75 Å². The van der Waals surface area contributed by atoms with Gasteiger partial charge in [0.2, 0.25) is 0 Å². The number of rotatable bonds is 7. The van der Waals surface area contributed by atoms with E-state index in [0.717, 1.165) is 30.0 Å². The van der Waals surface area contributed by atoms with Crippen molar-refractivity contribution in [3.63, 3.8) is 0 Å². The average Bonchev–Trinajstić information content (AvgIpc) is 3.48. The molecule has 2 aromatic heterocycles. The summed E-state index contributed by atoms with van der Waals surface area (Å²) in [5.74, 6) is 1.91. The highest BCUT2D eigenvalue weighted by atomic mass is 16.5. The molecule has 1 N–H and O–H groups in total. The number of tetrazole rings is 1. The van der Waals surface area contributed by atoms with Gasteiger partial charge in [-0.3, -0.25) is 4.79 Å². The first kappa shape index (κ1) is 20.5. The SMILES string of the molecule is COc1cccc(C=C(C(=O)NCc2ccc(N3CCCC3)nc2)n2nnnc2C)c1. The van der Waals surface area contributed by atoms with Crippen LogP contribution in [0.3, 0.4) is 0 Å². The Morgan fingerprint density at radius 1 is 1.23 bits per heavy atom. The Kier molecular flexibility index (Phi) is 6.21. The number of carbonyl (C=O) groups is 1. The minimum Gasteiger partial charge on any atom is -0.497 e. The molecule has 3 aromatic rings. The molecule has 1 fully saturated rings. The summed E-state index contributed by atoms with van der Waals surface area (Å²) in [6.07, 6.45) is 5.95. The van der Waals surface area contributed by atoms with E-state index < -0.39 is 0 Å². The molecule has 9 nitrogen and oxygen atoms in total. The average molecular weight is 419 g/mol. The molecule has 1 aliphatic rings. The van der Waals surface area contributed by atoms with Crippen LogP contribution in [-0.4, -0.2) is 51.3 Å². The van der Waals surface area contributed by atoms with Crippen molar-refractivity contribution in [2.75, 3.05) is 25.1 Å². The number of anilines is 1. The smallest absolute Gasteiger partial charge is 0.270 e. The lowest BCUT2D eigenvalue weighted by Gasteiger charge is -2.16. The topological polar surface area (TPSA) is 98.1 Å². The molecule has 0 saturated carbocycles. The largest absolute Gasteiger partial charge is 0.497 e. The summed E-state index contributed by atoms with van der Waals surface area (Å²) >= 11 is 0. The van der Waals surface area contributed by atoms with Crippen molar-refractivity contribution >= 4 is 23.5 Å². The first-order valence-corrected chi connectivity index (χ1v) is 10.2. The lowest BCUT2D eigenvalue weighted by atomic mass is 10.1. The molecular formula is C22H25N7O2. The zero-order chi connectivity index (χ0) is 21.6. The van der Waals surface area contributed by atoms with Gasteiger partial charge in [-0.2, -0.15) is 4.68 Å². The number of aryl methyl sites for hydroxylation is 1. The Morgan fingerprint density at radius 3 is 2.74 bits per heavy atom. The lowest BCUT2D eigenvalue weighted by molar-refractivity contribution is -0.116.